The van der Waals surface area contributed by atoms with Gasteiger partial charge in [0.1, 0.15) is 15.3 Å². The van der Waals surface area contributed by atoms with E-state index in [9.17, 15) is 0 Å². The molecule has 0 amide bonds. The molecular formula is C15H22IN3O3. The fourth-order valence-electron chi connectivity index (χ4n) is 2.65. The Hall–Kier alpha value is -0.510. The SMILES string of the molecule is Cc1nc(I)cc(N2CC(OCCOC3CCCCO3)C2)n1. The standard InChI is InChI=1S/C15H22IN3O3/c1-11-17-13(16)8-14(18-11)19-9-12(10-19)20-6-7-22-15-4-2-3-5-21-15/h8,12,15H,2-7,9-10H2,1H3. The maximum atomic E-state index is 5.81. The van der Waals surface area contributed by atoms with Crippen LogP contribution in [0.25, 0.3) is 0 Å². The summed E-state index contributed by atoms with van der Waals surface area (Å²) in [6, 6.07) is 2.01. The van der Waals surface area contributed by atoms with Gasteiger partial charge in [-0.1, -0.05) is 0 Å². The summed E-state index contributed by atoms with van der Waals surface area (Å²) in [5.74, 6) is 1.80. The van der Waals surface area contributed by atoms with Gasteiger partial charge in [-0.05, 0) is 48.8 Å². The molecule has 0 spiro atoms. The van der Waals surface area contributed by atoms with Gasteiger partial charge < -0.3 is 19.1 Å². The van der Waals surface area contributed by atoms with E-state index < -0.39 is 0 Å². The molecule has 2 aliphatic heterocycles. The Morgan fingerprint density at radius 1 is 1.27 bits per heavy atom. The number of ether oxygens (including phenoxy) is 3. The van der Waals surface area contributed by atoms with Crippen molar-refractivity contribution in [3.05, 3.63) is 15.6 Å². The molecule has 7 heteroatoms. The van der Waals surface area contributed by atoms with Gasteiger partial charge in [-0.2, -0.15) is 0 Å². The highest BCUT2D eigenvalue weighted by Crippen LogP contribution is 2.21. The minimum Gasteiger partial charge on any atom is -0.372 e. The van der Waals surface area contributed by atoms with Crippen LogP contribution in [-0.2, 0) is 14.2 Å². The first-order chi connectivity index (χ1) is 10.7. The van der Waals surface area contributed by atoms with Gasteiger partial charge in [0.2, 0.25) is 0 Å². The third-order valence-corrected chi connectivity index (χ3v) is 4.40. The maximum absolute atomic E-state index is 5.81. The average molecular weight is 419 g/mol. The summed E-state index contributed by atoms with van der Waals surface area (Å²) in [5, 5.41) is 0. The predicted octanol–water partition coefficient (Wildman–Crippen LogP) is 2.14. The molecule has 1 unspecified atom stereocenters. The van der Waals surface area contributed by atoms with Crippen molar-refractivity contribution in [1.82, 2.24) is 9.97 Å². The first kappa shape index (κ1) is 16.4. The van der Waals surface area contributed by atoms with Crippen LogP contribution in [0.3, 0.4) is 0 Å². The number of aryl methyl sites for hydroxylation is 1. The van der Waals surface area contributed by atoms with Gasteiger partial charge in [0.15, 0.2) is 6.29 Å². The normalized spacial score (nSPS) is 22.6. The lowest BCUT2D eigenvalue weighted by Gasteiger charge is -2.39. The molecule has 0 aromatic carbocycles. The summed E-state index contributed by atoms with van der Waals surface area (Å²) in [6.07, 6.45) is 3.59. The van der Waals surface area contributed by atoms with Crippen LogP contribution in [0.1, 0.15) is 25.1 Å². The van der Waals surface area contributed by atoms with E-state index in [1.807, 2.05) is 13.0 Å². The molecule has 0 bridgehead atoms. The zero-order chi connectivity index (χ0) is 15.4. The largest absolute Gasteiger partial charge is 0.372 e. The second kappa shape index (κ2) is 7.85. The molecule has 1 aromatic heterocycles. The molecule has 0 radical (unpaired) electrons. The monoisotopic (exact) mass is 419 g/mol. The van der Waals surface area contributed by atoms with Crippen LogP contribution in [0.2, 0.25) is 0 Å². The van der Waals surface area contributed by atoms with Crippen molar-refractivity contribution >= 4 is 28.4 Å². The lowest BCUT2D eigenvalue weighted by atomic mass is 10.1. The van der Waals surface area contributed by atoms with Crippen molar-refractivity contribution in [2.75, 3.05) is 37.8 Å². The molecule has 2 saturated heterocycles. The Balaban J connectivity index is 1.32. The summed E-state index contributed by atoms with van der Waals surface area (Å²) < 4.78 is 18.0. The minimum atomic E-state index is -0.0266. The van der Waals surface area contributed by atoms with Gasteiger partial charge in [0, 0.05) is 25.8 Å². The van der Waals surface area contributed by atoms with Crippen molar-refractivity contribution in [3.8, 4) is 0 Å². The molecule has 0 saturated carbocycles. The van der Waals surface area contributed by atoms with E-state index in [1.54, 1.807) is 0 Å². The third-order valence-electron chi connectivity index (χ3n) is 3.84. The van der Waals surface area contributed by atoms with Crippen LogP contribution >= 0.6 is 22.6 Å². The summed E-state index contributed by atoms with van der Waals surface area (Å²) in [6.45, 7) is 5.73. The summed E-state index contributed by atoms with van der Waals surface area (Å²) in [5.41, 5.74) is 0. The van der Waals surface area contributed by atoms with E-state index in [-0.39, 0.29) is 12.4 Å². The van der Waals surface area contributed by atoms with Crippen LogP contribution < -0.4 is 4.90 Å². The molecule has 3 rings (SSSR count). The van der Waals surface area contributed by atoms with Crippen molar-refractivity contribution < 1.29 is 14.2 Å². The number of halogens is 1. The highest BCUT2D eigenvalue weighted by atomic mass is 127. The highest BCUT2D eigenvalue weighted by molar-refractivity contribution is 14.1. The van der Waals surface area contributed by atoms with Crippen LogP contribution in [-0.4, -0.2) is 55.3 Å². The van der Waals surface area contributed by atoms with Crippen molar-refractivity contribution in [3.63, 3.8) is 0 Å². The number of aromatic nitrogens is 2. The average Bonchev–Trinajstić information content (AvgIpc) is 2.45. The summed E-state index contributed by atoms with van der Waals surface area (Å²) >= 11 is 2.22. The Bertz CT molecular complexity index is 471. The number of hydrogen-bond donors (Lipinski definition) is 0. The Morgan fingerprint density at radius 3 is 2.82 bits per heavy atom. The first-order valence-electron chi connectivity index (χ1n) is 7.81. The zero-order valence-corrected chi connectivity index (χ0v) is 15.0. The van der Waals surface area contributed by atoms with Crippen LogP contribution in [0, 0.1) is 10.6 Å². The Labute approximate surface area is 144 Å². The van der Waals surface area contributed by atoms with E-state index in [2.05, 4.69) is 37.5 Å². The van der Waals surface area contributed by atoms with Crippen LogP contribution in [0.4, 0.5) is 5.82 Å². The topological polar surface area (TPSA) is 56.7 Å². The predicted molar refractivity (Wildman–Crippen MR) is 91.0 cm³/mol. The van der Waals surface area contributed by atoms with Gasteiger partial charge >= 0.3 is 0 Å². The van der Waals surface area contributed by atoms with E-state index in [0.29, 0.717) is 13.2 Å². The second-order valence-electron chi connectivity index (χ2n) is 5.66. The number of hydrogen-bond acceptors (Lipinski definition) is 6. The number of anilines is 1. The number of nitrogens with zero attached hydrogens (tertiary/aromatic N) is 3. The van der Waals surface area contributed by atoms with Crippen LogP contribution in [0.5, 0.6) is 0 Å². The third kappa shape index (κ3) is 4.50. The van der Waals surface area contributed by atoms with Crippen LogP contribution in [0.15, 0.2) is 6.07 Å². The first-order valence-corrected chi connectivity index (χ1v) is 8.89. The van der Waals surface area contributed by atoms with E-state index in [0.717, 1.165) is 47.9 Å². The molecule has 1 atom stereocenters. The minimum absolute atomic E-state index is 0.0266. The molecule has 0 aliphatic carbocycles. The van der Waals surface area contributed by atoms with Gasteiger partial charge in [0.25, 0.3) is 0 Å². The molecule has 22 heavy (non-hydrogen) atoms. The van der Waals surface area contributed by atoms with Gasteiger partial charge in [-0.15, -0.1) is 0 Å². The van der Waals surface area contributed by atoms with E-state index in [1.165, 1.54) is 6.42 Å². The molecule has 1 aromatic rings. The van der Waals surface area contributed by atoms with E-state index >= 15 is 0 Å². The molecular weight excluding hydrogens is 397 g/mol. The molecule has 2 aliphatic rings. The lowest BCUT2D eigenvalue weighted by molar-refractivity contribution is -0.171. The smallest absolute Gasteiger partial charge is 0.157 e. The molecule has 122 valence electrons. The second-order valence-corrected chi connectivity index (χ2v) is 6.77. The summed E-state index contributed by atoms with van der Waals surface area (Å²) in [4.78, 5) is 11.0. The lowest BCUT2D eigenvalue weighted by Crippen LogP contribution is -2.53. The van der Waals surface area contributed by atoms with Crippen molar-refractivity contribution in [2.24, 2.45) is 0 Å². The molecule has 0 N–H and O–H groups in total. The fourth-order valence-corrected chi connectivity index (χ4v) is 3.27. The zero-order valence-electron chi connectivity index (χ0n) is 12.8. The molecule has 6 nitrogen and oxygen atoms in total. The van der Waals surface area contributed by atoms with E-state index in [4.69, 9.17) is 14.2 Å². The van der Waals surface area contributed by atoms with Crippen molar-refractivity contribution in [1.29, 1.82) is 0 Å². The van der Waals surface area contributed by atoms with Gasteiger partial charge in [0.05, 0.1) is 19.3 Å². The fraction of sp³-hybridized carbons (Fsp3) is 0.733. The molecule has 2 fully saturated rings. The quantitative estimate of drug-likeness (QED) is 0.400. The highest BCUT2D eigenvalue weighted by Gasteiger charge is 2.29. The Kier molecular flexibility index (Phi) is 5.83. The van der Waals surface area contributed by atoms with Gasteiger partial charge in [-0.3, -0.25) is 0 Å². The maximum Gasteiger partial charge on any atom is 0.157 e. The number of rotatable bonds is 6. The van der Waals surface area contributed by atoms with Gasteiger partial charge in [-0.25, -0.2) is 9.97 Å². The molecule has 3 heterocycles. The summed E-state index contributed by atoms with van der Waals surface area (Å²) in [7, 11) is 0. The van der Waals surface area contributed by atoms with Crippen molar-refractivity contribution in [2.45, 2.75) is 38.6 Å². The Morgan fingerprint density at radius 2 is 2.09 bits per heavy atom.